The van der Waals surface area contributed by atoms with Gasteiger partial charge in [0.05, 0.1) is 0 Å². The van der Waals surface area contributed by atoms with Gasteiger partial charge in [-0.25, -0.2) is 0 Å². The summed E-state index contributed by atoms with van der Waals surface area (Å²) in [6.45, 7) is 1.91. The molecule has 0 fully saturated rings. The molecule has 1 aromatic rings. The maximum Gasteiger partial charge on any atom is 0.321 e. The van der Waals surface area contributed by atoms with Crippen LogP contribution >= 0.6 is 0 Å². The van der Waals surface area contributed by atoms with Crippen molar-refractivity contribution in [1.29, 1.82) is 0 Å². The van der Waals surface area contributed by atoms with E-state index in [4.69, 9.17) is 5.11 Å². The number of hydrogen-bond donors (Lipinski definition) is 2. The van der Waals surface area contributed by atoms with Crippen molar-refractivity contribution < 1.29 is 9.90 Å². The Balaban J connectivity index is 2.83. The van der Waals surface area contributed by atoms with Crippen LogP contribution in [0.25, 0.3) is 0 Å². The lowest BCUT2D eigenvalue weighted by Crippen LogP contribution is -2.38. The molecule has 0 aliphatic heterocycles. The van der Waals surface area contributed by atoms with Crippen LogP contribution < -0.4 is 5.32 Å². The van der Waals surface area contributed by atoms with Gasteiger partial charge in [-0.05, 0) is 12.6 Å². The van der Waals surface area contributed by atoms with Crippen molar-refractivity contribution in [3.05, 3.63) is 35.9 Å². The van der Waals surface area contributed by atoms with E-state index in [-0.39, 0.29) is 5.92 Å². The minimum Gasteiger partial charge on any atom is -0.480 e. The van der Waals surface area contributed by atoms with Crippen LogP contribution in [-0.2, 0) is 4.79 Å². The van der Waals surface area contributed by atoms with Crippen LogP contribution in [0.3, 0.4) is 0 Å². The lowest BCUT2D eigenvalue weighted by molar-refractivity contribution is -0.139. The first-order chi connectivity index (χ1) is 6.66. The molecule has 1 rings (SSSR count). The monoisotopic (exact) mass is 193 g/mol. The molecule has 0 unspecified atom stereocenters. The minimum absolute atomic E-state index is 0.0290. The Morgan fingerprint density at radius 1 is 1.36 bits per heavy atom. The molecule has 0 amide bonds. The minimum atomic E-state index is -0.816. The molecule has 0 aliphatic carbocycles. The molecule has 0 saturated carbocycles. The van der Waals surface area contributed by atoms with Gasteiger partial charge < -0.3 is 10.4 Å². The van der Waals surface area contributed by atoms with E-state index >= 15 is 0 Å². The smallest absolute Gasteiger partial charge is 0.321 e. The van der Waals surface area contributed by atoms with Crippen molar-refractivity contribution >= 4 is 5.97 Å². The van der Waals surface area contributed by atoms with Crippen LogP contribution in [0, 0.1) is 0 Å². The van der Waals surface area contributed by atoms with Crippen LogP contribution in [0.15, 0.2) is 30.3 Å². The van der Waals surface area contributed by atoms with Crippen LogP contribution in [0.5, 0.6) is 0 Å². The third-order valence-corrected chi connectivity index (χ3v) is 2.40. The number of rotatable bonds is 4. The topological polar surface area (TPSA) is 49.3 Å². The van der Waals surface area contributed by atoms with Crippen molar-refractivity contribution in [1.82, 2.24) is 5.32 Å². The predicted molar refractivity (Wildman–Crippen MR) is 55.3 cm³/mol. The Morgan fingerprint density at radius 3 is 2.36 bits per heavy atom. The summed E-state index contributed by atoms with van der Waals surface area (Å²) in [5.41, 5.74) is 1.04. The number of carbonyl (C=O) groups is 1. The van der Waals surface area contributed by atoms with Gasteiger partial charge in [0.2, 0.25) is 0 Å². The second-order valence-corrected chi connectivity index (χ2v) is 3.30. The van der Waals surface area contributed by atoms with E-state index in [0.717, 1.165) is 5.56 Å². The predicted octanol–water partition coefficient (Wildman–Crippen LogP) is 1.46. The zero-order chi connectivity index (χ0) is 10.6. The fraction of sp³-hybridized carbons (Fsp3) is 0.364. The first-order valence-corrected chi connectivity index (χ1v) is 4.62. The number of carboxylic acids is 1. The lowest BCUT2D eigenvalue weighted by Gasteiger charge is -2.19. The zero-order valence-corrected chi connectivity index (χ0v) is 8.40. The number of likely N-dealkylation sites (N-methyl/N-ethyl adjacent to an activating group) is 1. The van der Waals surface area contributed by atoms with Crippen LogP contribution in [0.2, 0.25) is 0 Å². The molecule has 0 bridgehead atoms. The molecule has 0 aromatic heterocycles. The van der Waals surface area contributed by atoms with Gasteiger partial charge in [-0.2, -0.15) is 0 Å². The molecule has 0 heterocycles. The summed E-state index contributed by atoms with van der Waals surface area (Å²) >= 11 is 0. The Kier molecular flexibility index (Phi) is 3.65. The molecular weight excluding hydrogens is 178 g/mol. The van der Waals surface area contributed by atoms with Gasteiger partial charge in [-0.15, -0.1) is 0 Å². The van der Waals surface area contributed by atoms with E-state index < -0.39 is 12.0 Å². The molecule has 14 heavy (non-hydrogen) atoms. The summed E-state index contributed by atoms with van der Waals surface area (Å²) in [4.78, 5) is 10.9. The van der Waals surface area contributed by atoms with Gasteiger partial charge in [0.15, 0.2) is 0 Å². The number of carboxylic acid groups (broad SMARTS) is 1. The summed E-state index contributed by atoms with van der Waals surface area (Å²) in [7, 11) is 1.66. The summed E-state index contributed by atoms with van der Waals surface area (Å²) in [6, 6.07) is 9.11. The number of hydrogen-bond acceptors (Lipinski definition) is 2. The highest BCUT2D eigenvalue weighted by Crippen LogP contribution is 2.18. The molecule has 0 saturated heterocycles. The molecule has 2 N–H and O–H groups in total. The Morgan fingerprint density at radius 2 is 1.93 bits per heavy atom. The van der Waals surface area contributed by atoms with E-state index in [1.54, 1.807) is 7.05 Å². The largest absolute Gasteiger partial charge is 0.480 e. The van der Waals surface area contributed by atoms with Crippen molar-refractivity contribution in [2.24, 2.45) is 0 Å². The van der Waals surface area contributed by atoms with Crippen molar-refractivity contribution in [2.75, 3.05) is 7.05 Å². The molecule has 0 radical (unpaired) electrons. The average molecular weight is 193 g/mol. The molecule has 2 atom stereocenters. The van der Waals surface area contributed by atoms with E-state index in [1.165, 1.54) is 0 Å². The van der Waals surface area contributed by atoms with E-state index in [2.05, 4.69) is 5.32 Å². The highest BCUT2D eigenvalue weighted by Gasteiger charge is 2.23. The molecule has 0 spiro atoms. The Bertz CT molecular complexity index is 297. The number of benzene rings is 1. The molecular formula is C11H15NO2. The third kappa shape index (κ3) is 2.33. The summed E-state index contributed by atoms with van der Waals surface area (Å²) in [5.74, 6) is -0.845. The van der Waals surface area contributed by atoms with Crippen molar-refractivity contribution in [2.45, 2.75) is 18.9 Å². The first-order valence-electron chi connectivity index (χ1n) is 4.62. The second kappa shape index (κ2) is 4.77. The van der Waals surface area contributed by atoms with Crippen LogP contribution in [-0.4, -0.2) is 24.2 Å². The highest BCUT2D eigenvalue weighted by molar-refractivity contribution is 5.74. The Hall–Kier alpha value is -1.35. The van der Waals surface area contributed by atoms with E-state index in [1.807, 2.05) is 37.3 Å². The number of nitrogens with one attached hydrogen (secondary N) is 1. The number of aliphatic carboxylic acids is 1. The van der Waals surface area contributed by atoms with E-state index in [9.17, 15) is 4.79 Å². The molecule has 3 nitrogen and oxygen atoms in total. The first kappa shape index (κ1) is 10.7. The normalized spacial score (nSPS) is 14.7. The second-order valence-electron chi connectivity index (χ2n) is 3.30. The van der Waals surface area contributed by atoms with E-state index in [0.29, 0.717) is 0 Å². The van der Waals surface area contributed by atoms with Gasteiger partial charge >= 0.3 is 5.97 Å². The fourth-order valence-corrected chi connectivity index (χ4v) is 1.54. The maximum atomic E-state index is 10.9. The summed E-state index contributed by atoms with van der Waals surface area (Å²) in [6.07, 6.45) is 0. The van der Waals surface area contributed by atoms with Gasteiger partial charge in [0.25, 0.3) is 0 Å². The summed E-state index contributed by atoms with van der Waals surface area (Å²) in [5, 5.41) is 11.7. The quantitative estimate of drug-likeness (QED) is 0.761. The van der Waals surface area contributed by atoms with Gasteiger partial charge in [-0.1, -0.05) is 37.3 Å². The zero-order valence-electron chi connectivity index (χ0n) is 8.40. The highest BCUT2D eigenvalue weighted by atomic mass is 16.4. The standard InChI is InChI=1S/C11H15NO2/c1-8(10(12-2)11(13)14)9-6-4-3-5-7-9/h3-8,10,12H,1-2H3,(H,13,14)/t8-,10+/m0/s1. The average Bonchev–Trinajstić information content (AvgIpc) is 2.19. The van der Waals surface area contributed by atoms with Crippen molar-refractivity contribution in [3.63, 3.8) is 0 Å². The maximum absolute atomic E-state index is 10.9. The fourth-order valence-electron chi connectivity index (χ4n) is 1.54. The van der Waals surface area contributed by atoms with Gasteiger partial charge in [0, 0.05) is 5.92 Å². The van der Waals surface area contributed by atoms with Crippen LogP contribution in [0.4, 0.5) is 0 Å². The molecule has 0 aliphatic rings. The van der Waals surface area contributed by atoms with Crippen LogP contribution in [0.1, 0.15) is 18.4 Å². The SMILES string of the molecule is CN[C@@H](C(=O)O)[C@@H](C)c1ccccc1. The van der Waals surface area contributed by atoms with Gasteiger partial charge in [-0.3, -0.25) is 4.79 Å². The summed E-state index contributed by atoms with van der Waals surface area (Å²) < 4.78 is 0. The lowest BCUT2D eigenvalue weighted by atomic mass is 9.93. The molecule has 3 heteroatoms. The third-order valence-electron chi connectivity index (χ3n) is 2.40. The van der Waals surface area contributed by atoms with Crippen molar-refractivity contribution in [3.8, 4) is 0 Å². The molecule has 76 valence electrons. The molecule has 1 aromatic carbocycles. The Labute approximate surface area is 83.8 Å². The van der Waals surface area contributed by atoms with Gasteiger partial charge in [0.1, 0.15) is 6.04 Å².